The average Bonchev–Trinajstić information content (AvgIpc) is 2.53. The molecule has 0 radical (unpaired) electrons. The summed E-state index contributed by atoms with van der Waals surface area (Å²) in [6, 6.07) is 15.6. The van der Waals surface area contributed by atoms with Gasteiger partial charge in [-0.1, -0.05) is 37.3 Å². The Labute approximate surface area is 125 Å². The minimum Gasteiger partial charge on any atom is -0.494 e. The number of ether oxygens (including phenoxy) is 2. The Morgan fingerprint density at radius 3 is 2.90 bits per heavy atom. The number of hydrogen-bond donors (Lipinski definition) is 1. The molecule has 3 rings (SSSR count). The van der Waals surface area contributed by atoms with E-state index in [0.717, 1.165) is 29.0 Å². The van der Waals surface area contributed by atoms with Crippen LogP contribution in [0.2, 0.25) is 0 Å². The van der Waals surface area contributed by atoms with E-state index in [1.807, 2.05) is 48.5 Å². The number of aliphatic hydroxyl groups excluding tert-OH is 1. The second-order valence-corrected chi connectivity index (χ2v) is 5.32. The second kappa shape index (κ2) is 6.19. The lowest BCUT2D eigenvalue weighted by Crippen LogP contribution is -2.18. The molecule has 3 heteroatoms. The lowest BCUT2D eigenvalue weighted by molar-refractivity contribution is 0.0656. The van der Waals surface area contributed by atoms with E-state index in [2.05, 4.69) is 6.92 Å². The van der Waals surface area contributed by atoms with Gasteiger partial charge in [-0.2, -0.15) is 0 Å². The van der Waals surface area contributed by atoms with Crippen LogP contribution in [-0.4, -0.2) is 11.7 Å². The van der Waals surface area contributed by atoms with E-state index in [9.17, 15) is 5.11 Å². The van der Waals surface area contributed by atoms with Crippen LogP contribution in [0.3, 0.4) is 0 Å². The van der Waals surface area contributed by atoms with Crippen molar-refractivity contribution in [3.63, 3.8) is 0 Å². The molecule has 0 saturated carbocycles. The van der Waals surface area contributed by atoms with Gasteiger partial charge in [0.25, 0.3) is 0 Å². The maximum Gasteiger partial charge on any atom is 0.127 e. The Kier molecular flexibility index (Phi) is 4.11. The molecule has 0 aromatic heterocycles. The molecule has 1 unspecified atom stereocenters. The molecule has 1 aliphatic rings. The Hall–Kier alpha value is -2.00. The summed E-state index contributed by atoms with van der Waals surface area (Å²) in [7, 11) is 0. The van der Waals surface area contributed by atoms with Crippen molar-refractivity contribution in [2.75, 3.05) is 6.61 Å². The van der Waals surface area contributed by atoms with Gasteiger partial charge in [-0.25, -0.2) is 0 Å². The maximum atomic E-state index is 10.3. The van der Waals surface area contributed by atoms with Crippen molar-refractivity contribution < 1.29 is 14.6 Å². The van der Waals surface area contributed by atoms with Gasteiger partial charge < -0.3 is 14.6 Å². The Bertz CT molecular complexity index is 609. The summed E-state index contributed by atoms with van der Waals surface area (Å²) in [5, 5.41) is 10.3. The predicted octanol–water partition coefficient (Wildman–Crippen LogP) is 4.03. The molecule has 0 fully saturated rings. The van der Waals surface area contributed by atoms with Gasteiger partial charge in [-0.15, -0.1) is 0 Å². The first-order valence-electron chi connectivity index (χ1n) is 7.44. The Morgan fingerprint density at radius 1 is 1.19 bits per heavy atom. The monoisotopic (exact) mass is 284 g/mol. The fourth-order valence-electron chi connectivity index (χ4n) is 2.62. The van der Waals surface area contributed by atoms with Crippen LogP contribution in [0.1, 0.15) is 43.1 Å². The number of para-hydroxylation sites is 1. The molecule has 21 heavy (non-hydrogen) atoms. The van der Waals surface area contributed by atoms with E-state index in [1.54, 1.807) is 0 Å². The SMILES string of the molecule is CCCOc1cccc(C2C[C@@H](O)c3ccccc3O2)c1. The fourth-order valence-corrected chi connectivity index (χ4v) is 2.62. The van der Waals surface area contributed by atoms with E-state index in [4.69, 9.17) is 9.47 Å². The minimum absolute atomic E-state index is 0.139. The average molecular weight is 284 g/mol. The molecule has 110 valence electrons. The number of hydrogen-bond acceptors (Lipinski definition) is 3. The molecule has 1 aliphatic heterocycles. The summed E-state index contributed by atoms with van der Waals surface area (Å²) < 4.78 is 11.7. The largest absolute Gasteiger partial charge is 0.494 e. The molecule has 1 N–H and O–H groups in total. The van der Waals surface area contributed by atoms with Crippen LogP contribution in [0, 0.1) is 0 Å². The van der Waals surface area contributed by atoms with Crippen molar-refractivity contribution in [1.82, 2.24) is 0 Å². The molecular weight excluding hydrogens is 264 g/mol. The molecule has 2 aromatic carbocycles. The van der Waals surface area contributed by atoms with Crippen molar-refractivity contribution in [3.05, 3.63) is 59.7 Å². The topological polar surface area (TPSA) is 38.7 Å². The number of benzene rings is 2. The summed E-state index contributed by atoms with van der Waals surface area (Å²) >= 11 is 0. The molecule has 0 spiro atoms. The number of aliphatic hydroxyl groups is 1. The van der Waals surface area contributed by atoms with E-state index < -0.39 is 6.10 Å². The minimum atomic E-state index is -0.486. The zero-order chi connectivity index (χ0) is 14.7. The van der Waals surface area contributed by atoms with Crippen LogP contribution in [0.5, 0.6) is 11.5 Å². The molecule has 1 heterocycles. The van der Waals surface area contributed by atoms with Crippen LogP contribution < -0.4 is 9.47 Å². The zero-order valence-electron chi connectivity index (χ0n) is 12.2. The van der Waals surface area contributed by atoms with Gasteiger partial charge in [0.15, 0.2) is 0 Å². The summed E-state index contributed by atoms with van der Waals surface area (Å²) in [4.78, 5) is 0. The van der Waals surface area contributed by atoms with E-state index in [1.165, 1.54) is 0 Å². The molecular formula is C18H20O3. The predicted molar refractivity (Wildman–Crippen MR) is 81.6 cm³/mol. The molecule has 2 atom stereocenters. The van der Waals surface area contributed by atoms with Crippen molar-refractivity contribution in [3.8, 4) is 11.5 Å². The van der Waals surface area contributed by atoms with E-state index in [0.29, 0.717) is 13.0 Å². The third-order valence-corrected chi connectivity index (χ3v) is 3.69. The molecule has 0 amide bonds. The quantitative estimate of drug-likeness (QED) is 0.921. The van der Waals surface area contributed by atoms with E-state index in [-0.39, 0.29) is 6.10 Å². The molecule has 0 bridgehead atoms. The van der Waals surface area contributed by atoms with Crippen molar-refractivity contribution >= 4 is 0 Å². The first kappa shape index (κ1) is 14.0. The molecule has 0 aliphatic carbocycles. The Morgan fingerprint density at radius 2 is 2.05 bits per heavy atom. The van der Waals surface area contributed by atoms with Gasteiger partial charge in [0.1, 0.15) is 17.6 Å². The highest BCUT2D eigenvalue weighted by Gasteiger charge is 2.27. The van der Waals surface area contributed by atoms with E-state index >= 15 is 0 Å². The third kappa shape index (κ3) is 3.03. The van der Waals surface area contributed by atoms with Crippen LogP contribution in [0.4, 0.5) is 0 Å². The van der Waals surface area contributed by atoms with Crippen LogP contribution in [-0.2, 0) is 0 Å². The maximum absolute atomic E-state index is 10.3. The second-order valence-electron chi connectivity index (χ2n) is 5.32. The van der Waals surface area contributed by atoms with Gasteiger partial charge in [-0.3, -0.25) is 0 Å². The molecule has 2 aromatic rings. The van der Waals surface area contributed by atoms with Gasteiger partial charge in [0, 0.05) is 12.0 Å². The lowest BCUT2D eigenvalue weighted by Gasteiger charge is -2.30. The number of rotatable bonds is 4. The summed E-state index contributed by atoms with van der Waals surface area (Å²) in [5.41, 5.74) is 1.91. The summed E-state index contributed by atoms with van der Waals surface area (Å²) in [6.07, 6.45) is 0.921. The van der Waals surface area contributed by atoms with Crippen LogP contribution >= 0.6 is 0 Å². The van der Waals surface area contributed by atoms with Gasteiger partial charge in [-0.05, 0) is 30.2 Å². The highest BCUT2D eigenvalue weighted by Crippen LogP contribution is 2.40. The summed E-state index contributed by atoms with van der Waals surface area (Å²) in [6.45, 7) is 2.79. The fraction of sp³-hybridized carbons (Fsp3) is 0.333. The van der Waals surface area contributed by atoms with Crippen molar-refractivity contribution in [2.24, 2.45) is 0 Å². The zero-order valence-corrected chi connectivity index (χ0v) is 12.2. The van der Waals surface area contributed by atoms with Gasteiger partial charge >= 0.3 is 0 Å². The van der Waals surface area contributed by atoms with Gasteiger partial charge in [0.05, 0.1) is 12.7 Å². The molecule has 3 nitrogen and oxygen atoms in total. The van der Waals surface area contributed by atoms with Crippen LogP contribution in [0.25, 0.3) is 0 Å². The standard InChI is InChI=1S/C18H20O3/c1-2-10-20-14-7-5-6-13(11-14)18-12-16(19)15-8-3-4-9-17(15)21-18/h3-9,11,16,18-19H,2,10,12H2,1H3/t16-,18?/m1/s1. The normalized spacial score (nSPS) is 20.5. The third-order valence-electron chi connectivity index (χ3n) is 3.69. The smallest absolute Gasteiger partial charge is 0.127 e. The molecule has 0 saturated heterocycles. The highest BCUT2D eigenvalue weighted by atomic mass is 16.5. The summed E-state index contributed by atoms with van der Waals surface area (Å²) in [5.74, 6) is 1.62. The first-order valence-corrected chi connectivity index (χ1v) is 7.44. The van der Waals surface area contributed by atoms with Crippen LogP contribution in [0.15, 0.2) is 48.5 Å². The lowest BCUT2D eigenvalue weighted by atomic mass is 9.95. The van der Waals surface area contributed by atoms with Gasteiger partial charge in [0.2, 0.25) is 0 Å². The highest BCUT2D eigenvalue weighted by molar-refractivity contribution is 5.39. The first-order chi connectivity index (χ1) is 10.3. The van der Waals surface area contributed by atoms with Crippen molar-refractivity contribution in [2.45, 2.75) is 32.0 Å². The number of fused-ring (bicyclic) bond motifs is 1. The Balaban J connectivity index is 1.82. The van der Waals surface area contributed by atoms with Crippen molar-refractivity contribution in [1.29, 1.82) is 0 Å².